The number of benzene rings is 3. The highest BCUT2D eigenvalue weighted by molar-refractivity contribution is 5.98. The lowest BCUT2D eigenvalue weighted by atomic mass is 9.88. The Morgan fingerprint density at radius 3 is 1.97 bits per heavy atom. The molecular weight excluding hydrogens is 368 g/mol. The molecule has 0 N–H and O–H groups in total. The molecule has 0 aliphatic carbocycles. The molecule has 3 heteroatoms. The van der Waals surface area contributed by atoms with Crippen molar-refractivity contribution in [3.63, 3.8) is 0 Å². The second-order valence-electron chi connectivity index (χ2n) is 7.44. The van der Waals surface area contributed by atoms with Crippen molar-refractivity contribution in [3.05, 3.63) is 101 Å². The van der Waals surface area contributed by atoms with Gasteiger partial charge in [-0.3, -0.25) is 0 Å². The first kappa shape index (κ1) is 21.4. The third-order valence-electron chi connectivity index (χ3n) is 5.03. The van der Waals surface area contributed by atoms with Crippen molar-refractivity contribution in [3.8, 4) is 11.8 Å². The second-order valence-corrected chi connectivity index (χ2v) is 7.44. The number of hydrogen-bond donors (Lipinski definition) is 0. The molecule has 0 bridgehead atoms. The summed E-state index contributed by atoms with van der Waals surface area (Å²) in [6, 6.07) is 28.8. The van der Waals surface area contributed by atoms with Crippen LogP contribution in [0.1, 0.15) is 35.6 Å². The molecule has 0 amide bonds. The van der Waals surface area contributed by atoms with Crippen molar-refractivity contribution in [2.75, 3.05) is 27.2 Å². The molecule has 3 nitrogen and oxygen atoms in total. The van der Waals surface area contributed by atoms with E-state index in [-0.39, 0.29) is 0 Å². The Morgan fingerprint density at radius 2 is 1.43 bits per heavy atom. The van der Waals surface area contributed by atoms with Crippen LogP contribution in [0.15, 0.2) is 78.9 Å². The van der Waals surface area contributed by atoms with Crippen LogP contribution in [-0.4, -0.2) is 32.1 Å². The van der Waals surface area contributed by atoms with Crippen LogP contribution in [0.3, 0.4) is 0 Å². The Labute approximate surface area is 179 Å². The summed E-state index contributed by atoms with van der Waals surface area (Å²) in [4.78, 5) is 2.10. The maximum Gasteiger partial charge on any atom is 0.119 e. The molecule has 0 fully saturated rings. The molecule has 3 aromatic carbocycles. The molecule has 152 valence electrons. The molecular formula is C27H28N2O. The van der Waals surface area contributed by atoms with Gasteiger partial charge < -0.3 is 9.64 Å². The highest BCUT2D eigenvalue weighted by atomic mass is 16.5. The highest BCUT2D eigenvalue weighted by Gasteiger charge is 2.13. The van der Waals surface area contributed by atoms with Crippen LogP contribution in [0.2, 0.25) is 0 Å². The third kappa shape index (κ3) is 5.37. The molecule has 0 aromatic heterocycles. The molecule has 3 aromatic rings. The molecule has 0 heterocycles. The molecule has 0 aliphatic heterocycles. The standard InChI is InChI=1S/C27H28N2O/c1-4-26(22-8-6-5-7-9-22)27(23-12-10-21(20-28)11-13-23)24-14-16-25(17-15-24)30-19-18-29(2)3/h5-17H,4,18-19H2,1-3H3. The summed E-state index contributed by atoms with van der Waals surface area (Å²) in [6.45, 7) is 3.73. The first-order chi connectivity index (χ1) is 14.6. The van der Waals surface area contributed by atoms with Gasteiger partial charge >= 0.3 is 0 Å². The van der Waals surface area contributed by atoms with Gasteiger partial charge in [-0.1, -0.05) is 61.5 Å². The van der Waals surface area contributed by atoms with Crippen LogP contribution < -0.4 is 4.74 Å². The van der Waals surface area contributed by atoms with Gasteiger partial charge in [0.1, 0.15) is 12.4 Å². The second kappa shape index (κ2) is 10.4. The molecule has 0 atom stereocenters. The van der Waals surface area contributed by atoms with Gasteiger partial charge in [0.05, 0.1) is 11.6 Å². The van der Waals surface area contributed by atoms with Gasteiger partial charge in [-0.25, -0.2) is 0 Å². The number of nitriles is 1. The van der Waals surface area contributed by atoms with Crippen molar-refractivity contribution in [2.45, 2.75) is 13.3 Å². The predicted octanol–water partition coefficient (Wildman–Crippen LogP) is 5.87. The van der Waals surface area contributed by atoms with E-state index in [1.807, 2.05) is 56.6 Å². The average Bonchev–Trinajstić information content (AvgIpc) is 2.78. The largest absolute Gasteiger partial charge is 0.492 e. The summed E-state index contributed by atoms with van der Waals surface area (Å²) in [6.07, 6.45) is 0.903. The van der Waals surface area contributed by atoms with E-state index in [9.17, 15) is 5.26 Å². The van der Waals surface area contributed by atoms with Crippen LogP contribution in [0.5, 0.6) is 5.75 Å². The maximum absolute atomic E-state index is 9.17. The number of likely N-dealkylation sites (N-methyl/N-ethyl adjacent to an activating group) is 1. The summed E-state index contributed by atoms with van der Waals surface area (Å²) < 4.78 is 5.87. The zero-order chi connectivity index (χ0) is 21.3. The van der Waals surface area contributed by atoms with Crippen LogP contribution >= 0.6 is 0 Å². The fourth-order valence-corrected chi connectivity index (χ4v) is 3.46. The quantitative estimate of drug-likeness (QED) is 0.447. The number of nitrogens with zero attached hydrogens (tertiary/aromatic N) is 2. The fraction of sp³-hybridized carbons (Fsp3) is 0.222. The summed E-state index contributed by atoms with van der Waals surface area (Å²) in [5, 5.41) is 9.17. The molecule has 0 saturated heterocycles. The monoisotopic (exact) mass is 396 g/mol. The molecule has 3 rings (SSSR count). The SMILES string of the molecule is CCC(=C(c1ccc(C#N)cc1)c1ccc(OCCN(C)C)cc1)c1ccccc1. The normalized spacial score (nSPS) is 11.7. The topological polar surface area (TPSA) is 36.3 Å². The molecule has 0 spiro atoms. The predicted molar refractivity (Wildman–Crippen MR) is 124 cm³/mol. The van der Waals surface area contributed by atoms with E-state index < -0.39 is 0 Å². The Hall–Kier alpha value is -3.35. The summed E-state index contributed by atoms with van der Waals surface area (Å²) in [5.41, 5.74) is 6.59. The molecule has 0 unspecified atom stereocenters. The van der Waals surface area contributed by atoms with Gasteiger partial charge in [0.2, 0.25) is 0 Å². The van der Waals surface area contributed by atoms with Crippen LogP contribution in [-0.2, 0) is 0 Å². The zero-order valence-electron chi connectivity index (χ0n) is 17.9. The van der Waals surface area contributed by atoms with Gasteiger partial charge in [-0.05, 0) is 72.6 Å². The number of allylic oxidation sites excluding steroid dienone is 1. The lowest BCUT2D eigenvalue weighted by Gasteiger charge is -2.17. The Bertz CT molecular complexity index is 1010. The maximum atomic E-state index is 9.17. The van der Waals surface area contributed by atoms with Gasteiger partial charge in [-0.2, -0.15) is 5.26 Å². The van der Waals surface area contributed by atoms with Crippen LogP contribution in [0.4, 0.5) is 0 Å². The fourth-order valence-electron chi connectivity index (χ4n) is 3.46. The van der Waals surface area contributed by atoms with Gasteiger partial charge in [0.15, 0.2) is 0 Å². The third-order valence-corrected chi connectivity index (χ3v) is 5.03. The minimum atomic E-state index is 0.662. The van der Waals surface area contributed by atoms with E-state index in [1.165, 1.54) is 16.7 Å². The highest BCUT2D eigenvalue weighted by Crippen LogP contribution is 2.35. The minimum absolute atomic E-state index is 0.662. The van der Waals surface area contributed by atoms with E-state index in [0.29, 0.717) is 12.2 Å². The van der Waals surface area contributed by atoms with Crippen molar-refractivity contribution in [1.29, 1.82) is 5.26 Å². The van der Waals surface area contributed by atoms with E-state index in [1.54, 1.807) is 0 Å². The lowest BCUT2D eigenvalue weighted by molar-refractivity contribution is 0.261. The number of ether oxygens (including phenoxy) is 1. The van der Waals surface area contributed by atoms with Crippen molar-refractivity contribution in [2.24, 2.45) is 0 Å². The van der Waals surface area contributed by atoms with E-state index >= 15 is 0 Å². The summed E-state index contributed by atoms with van der Waals surface area (Å²) >= 11 is 0. The lowest BCUT2D eigenvalue weighted by Crippen LogP contribution is -2.19. The van der Waals surface area contributed by atoms with Gasteiger partial charge in [0, 0.05) is 6.54 Å². The van der Waals surface area contributed by atoms with Crippen molar-refractivity contribution >= 4 is 11.1 Å². The van der Waals surface area contributed by atoms with Crippen LogP contribution in [0.25, 0.3) is 11.1 Å². The molecule has 0 radical (unpaired) electrons. The smallest absolute Gasteiger partial charge is 0.119 e. The summed E-state index contributed by atoms with van der Waals surface area (Å²) in [5.74, 6) is 0.873. The van der Waals surface area contributed by atoms with Gasteiger partial charge in [-0.15, -0.1) is 0 Å². The minimum Gasteiger partial charge on any atom is -0.492 e. The Morgan fingerprint density at radius 1 is 0.833 bits per heavy atom. The van der Waals surface area contributed by atoms with Crippen LogP contribution in [0, 0.1) is 11.3 Å². The van der Waals surface area contributed by atoms with Crippen molar-refractivity contribution < 1.29 is 4.74 Å². The van der Waals surface area contributed by atoms with E-state index in [2.05, 4.69) is 54.3 Å². The first-order valence-corrected chi connectivity index (χ1v) is 10.3. The molecule has 30 heavy (non-hydrogen) atoms. The zero-order valence-corrected chi connectivity index (χ0v) is 17.9. The van der Waals surface area contributed by atoms with Crippen molar-refractivity contribution in [1.82, 2.24) is 4.90 Å². The average molecular weight is 397 g/mol. The van der Waals surface area contributed by atoms with E-state index in [0.717, 1.165) is 29.8 Å². The Kier molecular flexibility index (Phi) is 7.43. The van der Waals surface area contributed by atoms with Gasteiger partial charge in [0.25, 0.3) is 0 Å². The number of rotatable bonds is 8. The van der Waals surface area contributed by atoms with E-state index in [4.69, 9.17) is 4.74 Å². The Balaban J connectivity index is 2.03. The molecule has 0 aliphatic rings. The number of hydrogen-bond acceptors (Lipinski definition) is 3. The molecule has 0 saturated carbocycles. The summed E-state index contributed by atoms with van der Waals surface area (Å²) in [7, 11) is 4.08. The first-order valence-electron chi connectivity index (χ1n) is 10.3.